The summed E-state index contributed by atoms with van der Waals surface area (Å²) in [6.45, 7) is 0.351. The third-order valence-corrected chi connectivity index (χ3v) is 3.18. The Morgan fingerprint density at radius 2 is 2.07 bits per heavy atom. The molecule has 1 rings (SSSR count). The molecule has 4 nitrogen and oxygen atoms in total. The zero-order valence-electron chi connectivity index (χ0n) is 8.27. The van der Waals surface area contributed by atoms with Crippen molar-refractivity contribution in [3.8, 4) is 0 Å². The van der Waals surface area contributed by atoms with Gasteiger partial charge in [0.2, 0.25) is 10.0 Å². The number of hydrogen-bond donors (Lipinski definition) is 1. The molecule has 0 fully saturated rings. The summed E-state index contributed by atoms with van der Waals surface area (Å²) < 4.78 is 23.5. The molecule has 0 atom stereocenters. The first-order chi connectivity index (χ1) is 6.39. The van der Waals surface area contributed by atoms with Crippen molar-refractivity contribution in [2.45, 2.75) is 6.54 Å². The van der Waals surface area contributed by atoms with E-state index >= 15 is 0 Å². The standard InChI is InChI=1S/C9H14N2O2S/c1-11(14(2,12)13)7-8-4-3-5-9(10)6-8/h3-6H,7,10H2,1-2H3. The molecule has 0 aliphatic rings. The van der Waals surface area contributed by atoms with E-state index in [4.69, 9.17) is 5.73 Å². The summed E-state index contributed by atoms with van der Waals surface area (Å²) in [6, 6.07) is 7.18. The van der Waals surface area contributed by atoms with Crippen molar-refractivity contribution in [1.29, 1.82) is 0 Å². The van der Waals surface area contributed by atoms with Crippen LogP contribution >= 0.6 is 0 Å². The Morgan fingerprint density at radius 1 is 1.43 bits per heavy atom. The van der Waals surface area contributed by atoms with Crippen molar-refractivity contribution in [1.82, 2.24) is 4.31 Å². The van der Waals surface area contributed by atoms with Crippen molar-refractivity contribution in [3.05, 3.63) is 29.8 Å². The highest BCUT2D eigenvalue weighted by molar-refractivity contribution is 7.88. The molecule has 0 heterocycles. The number of nitrogens with two attached hydrogens (primary N) is 1. The lowest BCUT2D eigenvalue weighted by Gasteiger charge is -2.13. The fraction of sp³-hybridized carbons (Fsp3) is 0.333. The fourth-order valence-electron chi connectivity index (χ4n) is 1.07. The van der Waals surface area contributed by atoms with Crippen molar-refractivity contribution in [2.75, 3.05) is 19.0 Å². The normalized spacial score (nSPS) is 11.9. The monoisotopic (exact) mass is 214 g/mol. The van der Waals surface area contributed by atoms with Crippen LogP contribution in [0.25, 0.3) is 0 Å². The molecular formula is C9H14N2O2S. The van der Waals surface area contributed by atoms with E-state index in [0.717, 1.165) is 5.56 Å². The zero-order valence-corrected chi connectivity index (χ0v) is 9.08. The maximum atomic E-state index is 11.1. The minimum absolute atomic E-state index is 0.351. The topological polar surface area (TPSA) is 63.4 Å². The Labute approximate surface area is 84.4 Å². The SMILES string of the molecule is CN(Cc1cccc(N)c1)S(C)(=O)=O. The second-order valence-electron chi connectivity index (χ2n) is 3.26. The molecule has 1 aromatic rings. The third-order valence-electron chi connectivity index (χ3n) is 1.92. The predicted octanol–water partition coefficient (Wildman–Crippen LogP) is 0.660. The Hall–Kier alpha value is -1.07. The lowest BCUT2D eigenvalue weighted by atomic mass is 10.2. The summed E-state index contributed by atoms with van der Waals surface area (Å²) in [4.78, 5) is 0. The Balaban J connectivity index is 2.80. The van der Waals surface area contributed by atoms with E-state index in [1.54, 1.807) is 25.2 Å². The quantitative estimate of drug-likeness (QED) is 0.752. The minimum atomic E-state index is -3.12. The van der Waals surface area contributed by atoms with Gasteiger partial charge in [0.15, 0.2) is 0 Å². The first-order valence-electron chi connectivity index (χ1n) is 4.15. The number of sulfonamides is 1. The summed E-state index contributed by atoms with van der Waals surface area (Å²) in [5.41, 5.74) is 7.11. The van der Waals surface area contributed by atoms with Crippen LogP contribution in [0.4, 0.5) is 5.69 Å². The maximum absolute atomic E-state index is 11.1. The molecule has 0 saturated carbocycles. The van der Waals surface area contributed by atoms with Gasteiger partial charge in [-0.05, 0) is 17.7 Å². The van der Waals surface area contributed by atoms with E-state index in [-0.39, 0.29) is 0 Å². The van der Waals surface area contributed by atoms with Crippen LogP contribution in [0, 0.1) is 0 Å². The minimum Gasteiger partial charge on any atom is -0.399 e. The molecule has 0 aliphatic heterocycles. The molecule has 0 aliphatic carbocycles. The van der Waals surface area contributed by atoms with E-state index in [1.165, 1.54) is 10.6 Å². The number of anilines is 1. The first-order valence-corrected chi connectivity index (χ1v) is 6.00. The predicted molar refractivity (Wildman–Crippen MR) is 57.2 cm³/mol. The summed E-state index contributed by atoms with van der Waals surface area (Å²) in [5.74, 6) is 0. The number of rotatable bonds is 3. The molecule has 0 spiro atoms. The number of hydrogen-bond acceptors (Lipinski definition) is 3. The average Bonchev–Trinajstić information content (AvgIpc) is 2.02. The molecule has 0 bridgehead atoms. The van der Waals surface area contributed by atoms with Crippen molar-refractivity contribution in [2.24, 2.45) is 0 Å². The van der Waals surface area contributed by atoms with Crippen molar-refractivity contribution < 1.29 is 8.42 Å². The summed E-state index contributed by atoms with van der Waals surface area (Å²) in [7, 11) is -1.58. The van der Waals surface area contributed by atoms with Crippen molar-refractivity contribution >= 4 is 15.7 Å². The molecule has 0 saturated heterocycles. The van der Waals surface area contributed by atoms with Gasteiger partial charge in [-0.25, -0.2) is 12.7 Å². The van der Waals surface area contributed by atoms with Crippen LogP contribution < -0.4 is 5.73 Å². The van der Waals surface area contributed by atoms with E-state index < -0.39 is 10.0 Å². The fourth-order valence-corrected chi connectivity index (χ4v) is 1.45. The summed E-state index contributed by atoms with van der Waals surface area (Å²) in [5, 5.41) is 0. The molecule has 5 heteroatoms. The van der Waals surface area contributed by atoms with Crippen LogP contribution in [0.15, 0.2) is 24.3 Å². The van der Waals surface area contributed by atoms with Crippen LogP contribution in [0.1, 0.15) is 5.56 Å². The lowest BCUT2D eigenvalue weighted by Crippen LogP contribution is -2.24. The van der Waals surface area contributed by atoms with E-state index in [0.29, 0.717) is 12.2 Å². The zero-order chi connectivity index (χ0) is 10.8. The highest BCUT2D eigenvalue weighted by Gasteiger charge is 2.10. The molecule has 0 radical (unpaired) electrons. The third kappa shape index (κ3) is 3.01. The van der Waals surface area contributed by atoms with E-state index in [9.17, 15) is 8.42 Å². The smallest absolute Gasteiger partial charge is 0.211 e. The molecule has 0 unspecified atom stereocenters. The van der Waals surface area contributed by atoms with Gasteiger partial charge in [-0.15, -0.1) is 0 Å². The van der Waals surface area contributed by atoms with E-state index in [2.05, 4.69) is 0 Å². The molecule has 0 amide bonds. The molecule has 14 heavy (non-hydrogen) atoms. The maximum Gasteiger partial charge on any atom is 0.211 e. The molecule has 2 N–H and O–H groups in total. The van der Waals surface area contributed by atoms with Gasteiger partial charge in [-0.2, -0.15) is 0 Å². The van der Waals surface area contributed by atoms with Gasteiger partial charge >= 0.3 is 0 Å². The second kappa shape index (κ2) is 3.98. The molecular weight excluding hydrogens is 200 g/mol. The van der Waals surface area contributed by atoms with Gasteiger partial charge in [-0.1, -0.05) is 12.1 Å². The number of benzene rings is 1. The Bertz CT molecular complexity index is 415. The van der Waals surface area contributed by atoms with Gasteiger partial charge in [0.05, 0.1) is 6.26 Å². The Morgan fingerprint density at radius 3 is 2.57 bits per heavy atom. The molecule has 78 valence electrons. The van der Waals surface area contributed by atoms with Gasteiger partial charge in [0.25, 0.3) is 0 Å². The largest absolute Gasteiger partial charge is 0.399 e. The highest BCUT2D eigenvalue weighted by Crippen LogP contribution is 2.09. The summed E-state index contributed by atoms with van der Waals surface area (Å²) in [6.07, 6.45) is 1.18. The first kappa shape index (κ1) is 11.0. The van der Waals surface area contributed by atoms with Gasteiger partial charge in [0.1, 0.15) is 0 Å². The number of nitrogens with zero attached hydrogens (tertiary/aromatic N) is 1. The number of nitrogen functional groups attached to an aromatic ring is 1. The van der Waals surface area contributed by atoms with Gasteiger partial charge < -0.3 is 5.73 Å². The van der Waals surface area contributed by atoms with Gasteiger partial charge in [-0.3, -0.25) is 0 Å². The van der Waals surface area contributed by atoms with Crippen LogP contribution in [0.3, 0.4) is 0 Å². The molecule has 1 aromatic carbocycles. The van der Waals surface area contributed by atoms with E-state index in [1.807, 2.05) is 6.07 Å². The van der Waals surface area contributed by atoms with Crippen molar-refractivity contribution in [3.63, 3.8) is 0 Å². The van der Waals surface area contributed by atoms with Crippen LogP contribution in [-0.2, 0) is 16.6 Å². The van der Waals surface area contributed by atoms with Crippen LogP contribution in [-0.4, -0.2) is 26.0 Å². The van der Waals surface area contributed by atoms with Crippen LogP contribution in [0.2, 0.25) is 0 Å². The summed E-state index contributed by atoms with van der Waals surface area (Å²) >= 11 is 0. The van der Waals surface area contributed by atoms with Gasteiger partial charge in [0, 0.05) is 19.3 Å². The lowest BCUT2D eigenvalue weighted by molar-refractivity contribution is 0.472. The Kier molecular flexibility index (Phi) is 3.13. The second-order valence-corrected chi connectivity index (χ2v) is 5.35. The molecule has 0 aromatic heterocycles. The average molecular weight is 214 g/mol. The van der Waals surface area contributed by atoms with Crippen LogP contribution in [0.5, 0.6) is 0 Å². The highest BCUT2D eigenvalue weighted by atomic mass is 32.2.